The predicted molar refractivity (Wildman–Crippen MR) is 129 cm³/mol. The summed E-state index contributed by atoms with van der Waals surface area (Å²) >= 11 is 0. The molecule has 0 radical (unpaired) electrons. The van der Waals surface area contributed by atoms with Gasteiger partial charge in [-0.25, -0.2) is 13.1 Å². The summed E-state index contributed by atoms with van der Waals surface area (Å²) in [7, 11) is -2.67. The largest absolute Gasteiger partial charge is 0.469 e. The number of esters is 1. The number of likely N-dealkylation sites (tertiary alicyclic amines) is 1. The van der Waals surface area contributed by atoms with Crippen molar-refractivity contribution in [3.05, 3.63) is 65.7 Å². The Morgan fingerprint density at radius 3 is 2.14 bits per heavy atom. The lowest BCUT2D eigenvalue weighted by Gasteiger charge is -2.33. The molecule has 200 valence electrons. The molecule has 2 unspecified atom stereocenters. The number of amides is 1. The molecule has 1 amide bonds. The standard InChI is InChI=1S/C26H29F3N2O5S/c1-36-25(33)19-15-23(17-5-3-2-4-6-17)31(16-19)24(32)18-7-11-21(12-8-18)30-37(34,35)22-13-9-20(10-14-22)26(27,28)29/h2-6,9-10,13-14,18-19,21,23,30H,7-8,11-12,15-16H2,1H3/t18-,19?,21-,23?. The Labute approximate surface area is 214 Å². The van der Waals surface area contributed by atoms with Crippen LogP contribution in [0, 0.1) is 11.8 Å². The summed E-state index contributed by atoms with van der Waals surface area (Å²) in [6.07, 6.45) is -2.32. The van der Waals surface area contributed by atoms with E-state index < -0.39 is 33.7 Å². The second kappa shape index (κ2) is 10.8. The molecule has 7 nitrogen and oxygen atoms in total. The Balaban J connectivity index is 1.39. The van der Waals surface area contributed by atoms with Crippen LogP contribution in [0.1, 0.15) is 49.3 Å². The summed E-state index contributed by atoms with van der Waals surface area (Å²) < 4.78 is 71.2. The first-order valence-electron chi connectivity index (χ1n) is 12.1. The van der Waals surface area contributed by atoms with Gasteiger partial charge in [-0.3, -0.25) is 9.59 Å². The molecule has 1 aliphatic heterocycles. The summed E-state index contributed by atoms with van der Waals surface area (Å²) in [5.74, 6) is -1.14. The zero-order valence-corrected chi connectivity index (χ0v) is 21.1. The van der Waals surface area contributed by atoms with Crippen molar-refractivity contribution >= 4 is 21.9 Å². The number of nitrogens with zero attached hydrogens (tertiary/aromatic N) is 1. The van der Waals surface area contributed by atoms with E-state index in [0.717, 1.165) is 29.8 Å². The van der Waals surface area contributed by atoms with E-state index in [4.69, 9.17) is 4.74 Å². The molecule has 2 aromatic carbocycles. The van der Waals surface area contributed by atoms with Crippen LogP contribution in [0.15, 0.2) is 59.5 Å². The van der Waals surface area contributed by atoms with Gasteiger partial charge in [0.25, 0.3) is 0 Å². The molecule has 2 aliphatic rings. The van der Waals surface area contributed by atoms with E-state index in [2.05, 4.69) is 4.72 Å². The van der Waals surface area contributed by atoms with E-state index in [1.807, 2.05) is 30.3 Å². The maximum absolute atomic E-state index is 13.5. The van der Waals surface area contributed by atoms with Crippen molar-refractivity contribution in [1.82, 2.24) is 9.62 Å². The fourth-order valence-corrected chi connectivity index (χ4v) is 6.52. The average Bonchev–Trinajstić information content (AvgIpc) is 3.34. The number of rotatable bonds is 6. The minimum atomic E-state index is -4.55. The quantitative estimate of drug-likeness (QED) is 0.554. The van der Waals surface area contributed by atoms with Gasteiger partial charge in [0.1, 0.15) is 0 Å². The minimum absolute atomic E-state index is 0.0655. The van der Waals surface area contributed by atoms with Gasteiger partial charge in [-0.1, -0.05) is 30.3 Å². The zero-order chi connectivity index (χ0) is 26.8. The van der Waals surface area contributed by atoms with Crippen molar-refractivity contribution in [2.24, 2.45) is 11.8 Å². The van der Waals surface area contributed by atoms with Gasteiger partial charge < -0.3 is 9.64 Å². The maximum atomic E-state index is 13.5. The maximum Gasteiger partial charge on any atom is 0.416 e. The van der Waals surface area contributed by atoms with Crippen LogP contribution in [0.2, 0.25) is 0 Å². The second-order valence-electron chi connectivity index (χ2n) is 9.56. The highest BCUT2D eigenvalue weighted by molar-refractivity contribution is 7.89. The Hall–Kier alpha value is -2.92. The lowest BCUT2D eigenvalue weighted by molar-refractivity contribution is -0.145. The van der Waals surface area contributed by atoms with E-state index in [1.54, 1.807) is 4.90 Å². The monoisotopic (exact) mass is 538 g/mol. The lowest BCUT2D eigenvalue weighted by atomic mass is 9.85. The number of carbonyl (C=O) groups excluding carboxylic acids is 2. The molecular weight excluding hydrogens is 509 g/mol. The smallest absolute Gasteiger partial charge is 0.416 e. The molecule has 2 fully saturated rings. The number of sulfonamides is 1. The second-order valence-corrected chi connectivity index (χ2v) is 11.3. The first-order valence-corrected chi connectivity index (χ1v) is 13.6. The number of hydrogen-bond donors (Lipinski definition) is 1. The molecule has 1 saturated carbocycles. The molecule has 2 atom stereocenters. The van der Waals surface area contributed by atoms with Crippen molar-refractivity contribution < 1.29 is 35.9 Å². The highest BCUT2D eigenvalue weighted by Gasteiger charge is 2.42. The normalized spacial score (nSPS) is 24.6. The third kappa shape index (κ3) is 6.15. The van der Waals surface area contributed by atoms with E-state index in [-0.39, 0.29) is 35.3 Å². The van der Waals surface area contributed by atoms with Crippen LogP contribution in [0.5, 0.6) is 0 Å². The molecule has 4 rings (SSSR count). The number of methoxy groups -OCH3 is 1. The number of ether oxygens (including phenoxy) is 1. The number of hydrogen-bond acceptors (Lipinski definition) is 5. The first kappa shape index (κ1) is 27.1. The van der Waals surface area contributed by atoms with E-state index in [0.29, 0.717) is 32.1 Å². The number of nitrogens with one attached hydrogen (secondary N) is 1. The summed E-state index contributed by atoms with van der Waals surface area (Å²) in [6, 6.07) is 12.2. The summed E-state index contributed by atoms with van der Waals surface area (Å²) in [4.78, 5) is 27.2. The summed E-state index contributed by atoms with van der Waals surface area (Å²) in [5.41, 5.74) is 0.0240. The van der Waals surface area contributed by atoms with Gasteiger partial charge in [0.05, 0.1) is 29.5 Å². The van der Waals surface area contributed by atoms with Crippen LogP contribution in [0.4, 0.5) is 13.2 Å². The van der Waals surface area contributed by atoms with Crippen molar-refractivity contribution in [2.45, 2.75) is 55.3 Å². The number of carbonyl (C=O) groups is 2. The Morgan fingerprint density at radius 1 is 0.946 bits per heavy atom. The minimum Gasteiger partial charge on any atom is -0.469 e. The Kier molecular flexibility index (Phi) is 7.94. The Morgan fingerprint density at radius 2 is 1.57 bits per heavy atom. The number of alkyl halides is 3. The topological polar surface area (TPSA) is 92.8 Å². The van der Waals surface area contributed by atoms with E-state index in [1.165, 1.54) is 7.11 Å². The highest BCUT2D eigenvalue weighted by atomic mass is 32.2. The number of benzene rings is 2. The lowest BCUT2D eigenvalue weighted by Crippen LogP contribution is -2.42. The van der Waals surface area contributed by atoms with Crippen LogP contribution in [-0.4, -0.2) is 44.9 Å². The van der Waals surface area contributed by atoms with Crippen molar-refractivity contribution in [2.75, 3.05) is 13.7 Å². The number of halogens is 3. The third-order valence-corrected chi connectivity index (χ3v) is 8.73. The molecule has 0 spiro atoms. The zero-order valence-electron chi connectivity index (χ0n) is 20.3. The van der Waals surface area contributed by atoms with Crippen LogP contribution in [-0.2, 0) is 30.5 Å². The predicted octanol–water partition coefficient (Wildman–Crippen LogP) is 4.31. The first-order chi connectivity index (χ1) is 17.5. The molecule has 0 aromatic heterocycles. The SMILES string of the molecule is COC(=O)C1CC(c2ccccc2)N(C(=O)[C@H]2CC[C@H](NS(=O)(=O)c3ccc(C(F)(F)F)cc3)CC2)C1. The van der Waals surface area contributed by atoms with Crippen LogP contribution in [0.3, 0.4) is 0 Å². The van der Waals surface area contributed by atoms with Gasteiger partial charge in [0, 0.05) is 18.5 Å². The van der Waals surface area contributed by atoms with Crippen LogP contribution < -0.4 is 4.72 Å². The molecule has 1 saturated heterocycles. The van der Waals surface area contributed by atoms with Gasteiger partial charge in [-0.2, -0.15) is 13.2 Å². The van der Waals surface area contributed by atoms with E-state index >= 15 is 0 Å². The van der Waals surface area contributed by atoms with Crippen molar-refractivity contribution in [3.8, 4) is 0 Å². The fraction of sp³-hybridized carbons (Fsp3) is 0.462. The molecule has 11 heteroatoms. The summed E-state index contributed by atoms with van der Waals surface area (Å²) in [6.45, 7) is 0.269. The molecule has 37 heavy (non-hydrogen) atoms. The molecule has 2 aromatic rings. The molecule has 0 bridgehead atoms. The third-order valence-electron chi connectivity index (χ3n) is 7.19. The van der Waals surface area contributed by atoms with E-state index in [9.17, 15) is 31.2 Å². The fourth-order valence-electron chi connectivity index (χ4n) is 5.21. The molecule has 1 heterocycles. The van der Waals surface area contributed by atoms with Gasteiger partial charge >= 0.3 is 12.1 Å². The van der Waals surface area contributed by atoms with Crippen molar-refractivity contribution in [3.63, 3.8) is 0 Å². The Bertz CT molecular complexity index is 1210. The van der Waals surface area contributed by atoms with Gasteiger partial charge in [0.15, 0.2) is 0 Å². The van der Waals surface area contributed by atoms with Crippen LogP contribution >= 0.6 is 0 Å². The van der Waals surface area contributed by atoms with Gasteiger partial charge in [-0.15, -0.1) is 0 Å². The van der Waals surface area contributed by atoms with Gasteiger partial charge in [0.2, 0.25) is 15.9 Å². The van der Waals surface area contributed by atoms with Crippen LogP contribution in [0.25, 0.3) is 0 Å². The molecule has 1 N–H and O–H groups in total. The molecule has 1 aliphatic carbocycles. The van der Waals surface area contributed by atoms with Crippen molar-refractivity contribution in [1.29, 1.82) is 0 Å². The summed E-state index contributed by atoms with van der Waals surface area (Å²) in [5, 5.41) is 0. The average molecular weight is 539 g/mol. The molecular formula is C26H29F3N2O5S. The van der Waals surface area contributed by atoms with Gasteiger partial charge in [-0.05, 0) is 61.9 Å². The highest BCUT2D eigenvalue weighted by Crippen LogP contribution is 2.39.